The highest BCUT2D eigenvalue weighted by Crippen LogP contribution is 2.62. The van der Waals surface area contributed by atoms with Gasteiger partial charge in [0.2, 0.25) is 28.3 Å². The lowest BCUT2D eigenvalue weighted by molar-refractivity contribution is -0.139. The first-order valence-electron chi connectivity index (χ1n) is 18.8. The molecule has 1 aromatic heterocycles. The third-order valence-electron chi connectivity index (χ3n) is 12.4. The van der Waals surface area contributed by atoms with E-state index in [1.807, 2.05) is 4.72 Å². The van der Waals surface area contributed by atoms with Gasteiger partial charge in [-0.1, -0.05) is 31.9 Å². The van der Waals surface area contributed by atoms with E-state index in [0.29, 0.717) is 47.9 Å². The van der Waals surface area contributed by atoms with Crippen LogP contribution in [-0.2, 0) is 35.7 Å². The fourth-order valence-corrected chi connectivity index (χ4v) is 10.5. The largest absolute Gasteiger partial charge is 0.459 e. The third kappa shape index (κ3) is 6.78. The molecule has 4 aliphatic carbocycles. The van der Waals surface area contributed by atoms with E-state index in [2.05, 4.69) is 22.5 Å². The Morgan fingerprint density at radius 2 is 1.81 bits per heavy atom. The summed E-state index contributed by atoms with van der Waals surface area (Å²) < 4.78 is 68.6. The molecule has 1 unspecified atom stereocenters. The van der Waals surface area contributed by atoms with E-state index in [-0.39, 0.29) is 43.1 Å². The number of carbonyl (C=O) groups is 4. The van der Waals surface area contributed by atoms with Crippen molar-refractivity contribution in [3.63, 3.8) is 0 Å². The summed E-state index contributed by atoms with van der Waals surface area (Å²) in [7, 11) is -4.13. The monoisotopic (exact) mass is 774 g/mol. The van der Waals surface area contributed by atoms with Crippen LogP contribution < -0.4 is 25.7 Å². The number of hydrogen-bond donors (Lipinski definition) is 3. The van der Waals surface area contributed by atoms with Gasteiger partial charge in [-0.05, 0) is 74.3 Å². The van der Waals surface area contributed by atoms with E-state index in [9.17, 15) is 41.2 Å². The van der Waals surface area contributed by atoms with Crippen molar-refractivity contribution >= 4 is 44.7 Å². The molecular weight excluding hydrogens is 730 g/mol. The van der Waals surface area contributed by atoms with Crippen LogP contribution in [0.2, 0.25) is 0 Å². The fourth-order valence-electron chi connectivity index (χ4n) is 9.15. The maximum atomic E-state index is 14.0. The molecule has 2 aliphatic heterocycles. The number of aromatic nitrogens is 2. The van der Waals surface area contributed by atoms with Gasteiger partial charge in [0, 0.05) is 13.0 Å². The normalized spacial score (nSPS) is 34.0. The lowest BCUT2D eigenvalue weighted by Gasteiger charge is -2.27. The molecule has 4 amide bonds. The minimum absolute atomic E-state index is 0.00781. The molecule has 0 spiro atoms. The summed E-state index contributed by atoms with van der Waals surface area (Å²) in [5.74, 6) is -2.96. The van der Waals surface area contributed by atoms with E-state index in [0.717, 1.165) is 30.6 Å². The number of benzene rings is 1. The highest BCUT2D eigenvalue weighted by molar-refractivity contribution is 7.91. The quantitative estimate of drug-likeness (QED) is 0.391. The molecule has 9 atom stereocenters. The van der Waals surface area contributed by atoms with Crippen molar-refractivity contribution in [3.05, 3.63) is 34.6 Å². The Labute approximate surface area is 309 Å². The van der Waals surface area contributed by atoms with Gasteiger partial charge in [0.15, 0.2) is 0 Å². The topological polar surface area (TPSA) is 195 Å². The predicted molar refractivity (Wildman–Crippen MR) is 187 cm³/mol. The van der Waals surface area contributed by atoms with Crippen LogP contribution in [0.3, 0.4) is 0 Å². The van der Waals surface area contributed by atoms with Gasteiger partial charge >= 0.3 is 6.09 Å². The second-order valence-electron chi connectivity index (χ2n) is 15.8. The average molecular weight is 775 g/mol. The van der Waals surface area contributed by atoms with Crippen LogP contribution in [0.4, 0.5) is 13.6 Å². The van der Waals surface area contributed by atoms with Gasteiger partial charge in [-0.3, -0.25) is 28.5 Å². The summed E-state index contributed by atoms with van der Waals surface area (Å²) in [4.78, 5) is 73.5. The summed E-state index contributed by atoms with van der Waals surface area (Å²) in [5, 5.41) is 4.46. The summed E-state index contributed by atoms with van der Waals surface area (Å²) in [6.45, 7) is 1.72. The number of nitrogens with zero attached hydrogens (tertiary/aromatic N) is 3. The van der Waals surface area contributed by atoms with Gasteiger partial charge in [-0.25, -0.2) is 22.0 Å². The number of alkyl carbamates (subject to hydrolysis) is 1. The standard InChI is InChI=1S/C36H44F2N6O9S/c1-18-23-14-27-22(29(18)23)8-3-2-6-12-43-32(47)21-7-4-5-9-25(21)40-34(43)52-19-13-26(44(17-19)28(45)16-39-35(49)53-27)31(46)41-36(15-24(36)30(37)38)33(48)42-54(50,51)20-10-11-20/h4-5,7,9,18-20,22-24,26-27,29-30H,2-3,6,8,10-17H2,1H3,(H,39,49)(H,41,46)(H,42,48)/t18?,19-,22+,23-,24+,26+,27-,29-,36-/m1/s1. The van der Waals surface area contributed by atoms with Crippen LogP contribution in [0, 0.1) is 29.6 Å². The van der Waals surface area contributed by atoms with Crippen LogP contribution in [0.5, 0.6) is 6.01 Å². The number of amides is 4. The summed E-state index contributed by atoms with van der Waals surface area (Å²) >= 11 is 0. The average Bonchev–Trinajstić information content (AvgIpc) is 4.08. The van der Waals surface area contributed by atoms with Crippen LogP contribution in [0.15, 0.2) is 29.1 Å². The number of alkyl halides is 2. The van der Waals surface area contributed by atoms with E-state index in [1.165, 1.54) is 4.57 Å². The van der Waals surface area contributed by atoms with Gasteiger partial charge in [0.1, 0.15) is 30.3 Å². The first-order chi connectivity index (χ1) is 25.8. The van der Waals surface area contributed by atoms with Crippen LogP contribution in [0.1, 0.15) is 64.7 Å². The van der Waals surface area contributed by atoms with Crippen LogP contribution in [0.25, 0.3) is 10.9 Å². The molecule has 292 valence electrons. The maximum absolute atomic E-state index is 14.0. The van der Waals surface area contributed by atoms with Crippen molar-refractivity contribution in [3.8, 4) is 6.01 Å². The Balaban J connectivity index is 1.08. The number of para-hydroxylation sites is 1. The number of hydrogen-bond acceptors (Lipinski definition) is 10. The first kappa shape index (κ1) is 36.6. The van der Waals surface area contributed by atoms with Crippen molar-refractivity contribution in [1.29, 1.82) is 0 Å². The lowest BCUT2D eigenvalue weighted by atomic mass is 9.91. The molecule has 8 rings (SSSR count). The van der Waals surface area contributed by atoms with E-state index in [1.54, 1.807) is 24.3 Å². The summed E-state index contributed by atoms with van der Waals surface area (Å²) in [5.41, 5.74) is -2.14. The minimum atomic E-state index is -4.13. The molecule has 6 aliphatic rings. The number of carbonyl (C=O) groups excluding carboxylic acids is 4. The highest BCUT2D eigenvalue weighted by atomic mass is 32.2. The molecule has 1 aromatic carbocycles. The third-order valence-corrected chi connectivity index (χ3v) is 14.2. The Bertz CT molecular complexity index is 2050. The second-order valence-corrected chi connectivity index (χ2v) is 17.8. The number of rotatable bonds is 6. The number of halogens is 2. The summed E-state index contributed by atoms with van der Waals surface area (Å²) in [6, 6.07) is 5.43. The number of nitrogens with one attached hydrogen (secondary N) is 3. The Kier molecular flexibility index (Phi) is 9.32. The van der Waals surface area contributed by atoms with Crippen molar-refractivity contribution in [1.82, 2.24) is 29.8 Å². The molecule has 15 nitrogen and oxygen atoms in total. The van der Waals surface area contributed by atoms with Crippen molar-refractivity contribution < 1.29 is 45.9 Å². The molecule has 4 saturated carbocycles. The van der Waals surface area contributed by atoms with Gasteiger partial charge in [0.05, 0.1) is 28.6 Å². The van der Waals surface area contributed by atoms with Gasteiger partial charge in [-0.15, -0.1) is 0 Å². The molecule has 18 heteroatoms. The second kappa shape index (κ2) is 13.7. The Hall–Kier alpha value is -4.35. The van der Waals surface area contributed by atoms with Crippen LogP contribution in [-0.4, -0.2) is 95.2 Å². The fraction of sp³-hybridized carbons (Fsp3) is 0.667. The Morgan fingerprint density at radius 3 is 2.56 bits per heavy atom. The molecule has 2 aromatic rings. The number of sulfonamides is 1. The maximum Gasteiger partial charge on any atom is 0.407 e. The zero-order valence-corrected chi connectivity index (χ0v) is 30.6. The van der Waals surface area contributed by atoms with Gasteiger partial charge in [-0.2, -0.15) is 4.98 Å². The number of ether oxygens (including phenoxy) is 2. The zero-order valence-electron chi connectivity index (χ0n) is 29.7. The minimum Gasteiger partial charge on any atom is -0.459 e. The van der Waals surface area contributed by atoms with E-state index >= 15 is 0 Å². The molecule has 2 bridgehead atoms. The molecular formula is C36H44F2N6O9S. The van der Waals surface area contributed by atoms with E-state index < -0.39 is 82.1 Å². The van der Waals surface area contributed by atoms with Gasteiger partial charge in [0.25, 0.3) is 17.5 Å². The highest BCUT2D eigenvalue weighted by Gasteiger charge is 2.67. The van der Waals surface area contributed by atoms with E-state index in [4.69, 9.17) is 9.47 Å². The Morgan fingerprint density at radius 1 is 1.04 bits per heavy atom. The summed E-state index contributed by atoms with van der Waals surface area (Å²) in [6.07, 6.45) is -1.22. The van der Waals surface area contributed by atoms with Crippen molar-refractivity contribution in [2.75, 3.05) is 13.1 Å². The van der Waals surface area contributed by atoms with Gasteiger partial charge < -0.3 is 25.0 Å². The predicted octanol–water partition coefficient (Wildman–Crippen LogP) is 2.06. The number of fused-ring (bicyclic) bond motifs is 7. The first-order valence-corrected chi connectivity index (χ1v) is 20.4. The molecule has 3 heterocycles. The lowest BCUT2D eigenvalue weighted by Crippen LogP contribution is -2.57. The molecule has 3 N–H and O–H groups in total. The SMILES string of the molecule is CC1[C@@H]2[C@H]3CCCCCn4c(nc5ccccc5c4=O)O[C@@H]4C[C@@H](C(=O)N[C@]5(C(=O)NS(=O)(=O)C6CC6)C[C@H]5C(F)F)N(C4)C(=O)CNC(=O)O[C@@H]3C[C@H]12. The van der Waals surface area contributed by atoms with Crippen molar-refractivity contribution in [2.24, 2.45) is 29.6 Å². The van der Waals surface area contributed by atoms with Crippen LogP contribution >= 0.6 is 0 Å². The smallest absolute Gasteiger partial charge is 0.407 e. The van der Waals surface area contributed by atoms with Crippen molar-refractivity contribution in [2.45, 2.75) is 107 Å². The molecule has 0 radical (unpaired) electrons. The molecule has 54 heavy (non-hydrogen) atoms. The zero-order chi connectivity index (χ0) is 38.1. The molecule has 5 fully saturated rings. The molecule has 1 saturated heterocycles.